The van der Waals surface area contributed by atoms with Crippen LogP contribution in [0.1, 0.15) is 12.5 Å². The Morgan fingerprint density at radius 1 is 1.33 bits per heavy atom. The zero-order valence-corrected chi connectivity index (χ0v) is 8.70. The van der Waals surface area contributed by atoms with Crippen LogP contribution < -0.4 is 5.32 Å². The molecular weight excluding hydrogens is 188 g/mol. The molecule has 1 aromatic carbocycles. The van der Waals surface area contributed by atoms with Crippen LogP contribution in [0.3, 0.4) is 0 Å². The number of pyridine rings is 1. The van der Waals surface area contributed by atoms with Crippen molar-refractivity contribution in [2.75, 3.05) is 11.9 Å². The number of hydrogen-bond donors (Lipinski definition) is 2. The SMILES string of the molecule is CCNc1cc(CO)c2ccccc2n1. The molecule has 0 saturated carbocycles. The highest BCUT2D eigenvalue weighted by molar-refractivity contribution is 5.83. The van der Waals surface area contributed by atoms with E-state index < -0.39 is 0 Å². The molecule has 2 aromatic rings. The van der Waals surface area contributed by atoms with Gasteiger partial charge in [-0.25, -0.2) is 4.98 Å². The molecule has 0 saturated heterocycles. The van der Waals surface area contributed by atoms with Crippen molar-refractivity contribution in [3.63, 3.8) is 0 Å². The minimum atomic E-state index is 0.0431. The van der Waals surface area contributed by atoms with Gasteiger partial charge in [-0.3, -0.25) is 0 Å². The van der Waals surface area contributed by atoms with E-state index in [0.29, 0.717) is 0 Å². The van der Waals surface area contributed by atoms with E-state index in [-0.39, 0.29) is 6.61 Å². The maximum absolute atomic E-state index is 9.27. The van der Waals surface area contributed by atoms with Crippen LogP contribution in [0.5, 0.6) is 0 Å². The van der Waals surface area contributed by atoms with E-state index in [1.54, 1.807) is 0 Å². The summed E-state index contributed by atoms with van der Waals surface area (Å²) >= 11 is 0. The van der Waals surface area contributed by atoms with Crippen LogP contribution in [0, 0.1) is 0 Å². The van der Waals surface area contributed by atoms with Crippen LogP contribution in [0.2, 0.25) is 0 Å². The number of aliphatic hydroxyl groups excluding tert-OH is 1. The van der Waals surface area contributed by atoms with Crippen molar-refractivity contribution < 1.29 is 5.11 Å². The van der Waals surface area contributed by atoms with E-state index in [9.17, 15) is 5.11 Å². The van der Waals surface area contributed by atoms with Gasteiger partial charge in [0.2, 0.25) is 0 Å². The molecule has 0 amide bonds. The predicted molar refractivity (Wildman–Crippen MR) is 61.8 cm³/mol. The zero-order chi connectivity index (χ0) is 10.7. The van der Waals surface area contributed by atoms with Crippen molar-refractivity contribution in [1.29, 1.82) is 0 Å². The number of nitrogens with one attached hydrogen (secondary N) is 1. The Morgan fingerprint density at radius 3 is 2.87 bits per heavy atom. The van der Waals surface area contributed by atoms with Crippen molar-refractivity contribution >= 4 is 16.7 Å². The molecule has 0 aliphatic rings. The largest absolute Gasteiger partial charge is 0.392 e. The second-order valence-electron chi connectivity index (χ2n) is 3.37. The zero-order valence-electron chi connectivity index (χ0n) is 8.70. The Kier molecular flexibility index (Phi) is 2.83. The molecule has 0 aliphatic carbocycles. The standard InChI is InChI=1S/C12H14N2O/c1-2-13-12-7-9(8-15)10-5-3-4-6-11(10)14-12/h3-7,15H,2,8H2,1H3,(H,13,14). The molecular formula is C12H14N2O. The molecule has 0 bridgehead atoms. The van der Waals surface area contributed by atoms with Gasteiger partial charge < -0.3 is 10.4 Å². The van der Waals surface area contributed by atoms with Crippen molar-refractivity contribution in [2.45, 2.75) is 13.5 Å². The van der Waals surface area contributed by atoms with E-state index >= 15 is 0 Å². The fraction of sp³-hybridized carbons (Fsp3) is 0.250. The molecule has 3 heteroatoms. The van der Waals surface area contributed by atoms with Gasteiger partial charge in [-0.1, -0.05) is 18.2 Å². The van der Waals surface area contributed by atoms with Crippen molar-refractivity contribution in [3.05, 3.63) is 35.9 Å². The first-order valence-corrected chi connectivity index (χ1v) is 5.08. The third-order valence-corrected chi connectivity index (χ3v) is 2.33. The van der Waals surface area contributed by atoms with Crippen LogP contribution >= 0.6 is 0 Å². The molecule has 0 aliphatic heterocycles. The minimum Gasteiger partial charge on any atom is -0.392 e. The van der Waals surface area contributed by atoms with Crippen LogP contribution in [-0.4, -0.2) is 16.6 Å². The summed E-state index contributed by atoms with van der Waals surface area (Å²) in [6, 6.07) is 9.73. The second-order valence-corrected chi connectivity index (χ2v) is 3.37. The Bertz CT molecular complexity index is 468. The highest BCUT2D eigenvalue weighted by atomic mass is 16.3. The molecule has 0 spiro atoms. The maximum atomic E-state index is 9.27. The molecule has 0 fully saturated rings. The van der Waals surface area contributed by atoms with Crippen molar-refractivity contribution in [2.24, 2.45) is 0 Å². The number of anilines is 1. The monoisotopic (exact) mass is 202 g/mol. The third-order valence-electron chi connectivity index (χ3n) is 2.33. The summed E-state index contributed by atoms with van der Waals surface area (Å²) in [5.41, 5.74) is 1.83. The number of aromatic nitrogens is 1. The summed E-state index contributed by atoms with van der Waals surface area (Å²) < 4.78 is 0. The summed E-state index contributed by atoms with van der Waals surface area (Å²) in [4.78, 5) is 4.45. The molecule has 78 valence electrons. The van der Waals surface area contributed by atoms with Gasteiger partial charge in [0.1, 0.15) is 5.82 Å². The van der Waals surface area contributed by atoms with Gasteiger partial charge >= 0.3 is 0 Å². The van der Waals surface area contributed by atoms with Gasteiger partial charge in [-0.15, -0.1) is 0 Å². The van der Waals surface area contributed by atoms with Gasteiger partial charge in [-0.05, 0) is 24.6 Å². The summed E-state index contributed by atoms with van der Waals surface area (Å²) in [6.07, 6.45) is 0. The van der Waals surface area contributed by atoms with Gasteiger partial charge in [0.25, 0.3) is 0 Å². The summed E-state index contributed by atoms with van der Waals surface area (Å²) in [5, 5.41) is 13.4. The third kappa shape index (κ3) is 1.92. The van der Waals surface area contributed by atoms with E-state index in [1.165, 1.54) is 0 Å². The molecule has 15 heavy (non-hydrogen) atoms. The normalized spacial score (nSPS) is 10.5. The predicted octanol–water partition coefficient (Wildman–Crippen LogP) is 2.16. The maximum Gasteiger partial charge on any atom is 0.127 e. The first-order valence-electron chi connectivity index (χ1n) is 5.08. The van der Waals surface area contributed by atoms with E-state index in [1.807, 2.05) is 37.3 Å². The van der Waals surface area contributed by atoms with Crippen molar-refractivity contribution in [1.82, 2.24) is 4.98 Å². The smallest absolute Gasteiger partial charge is 0.127 e. The topological polar surface area (TPSA) is 45.1 Å². The molecule has 1 aromatic heterocycles. The molecule has 3 nitrogen and oxygen atoms in total. The summed E-state index contributed by atoms with van der Waals surface area (Å²) in [5.74, 6) is 0.820. The number of aliphatic hydroxyl groups is 1. The van der Waals surface area contributed by atoms with Gasteiger partial charge in [0, 0.05) is 11.9 Å². The molecule has 1 heterocycles. The summed E-state index contributed by atoms with van der Waals surface area (Å²) in [7, 11) is 0. The molecule has 2 rings (SSSR count). The van der Waals surface area contributed by atoms with Crippen molar-refractivity contribution in [3.8, 4) is 0 Å². The number of rotatable bonds is 3. The lowest BCUT2D eigenvalue weighted by molar-refractivity contribution is 0.283. The average molecular weight is 202 g/mol. The lowest BCUT2D eigenvalue weighted by Crippen LogP contribution is -2.01. The Hall–Kier alpha value is -1.61. The Morgan fingerprint density at radius 2 is 2.13 bits per heavy atom. The first kappa shape index (κ1) is 9.93. The molecule has 0 atom stereocenters. The molecule has 0 radical (unpaired) electrons. The number of para-hydroxylation sites is 1. The first-order chi connectivity index (χ1) is 7.35. The van der Waals surface area contributed by atoms with Crippen LogP contribution in [-0.2, 0) is 6.61 Å². The van der Waals surface area contributed by atoms with Crippen LogP contribution in [0.25, 0.3) is 10.9 Å². The average Bonchev–Trinajstić information content (AvgIpc) is 2.28. The van der Waals surface area contributed by atoms with Crippen LogP contribution in [0.4, 0.5) is 5.82 Å². The Labute approximate surface area is 88.8 Å². The van der Waals surface area contributed by atoms with E-state index in [0.717, 1.165) is 28.8 Å². The molecule has 0 unspecified atom stereocenters. The number of benzene rings is 1. The van der Waals surface area contributed by atoms with Gasteiger partial charge in [0.15, 0.2) is 0 Å². The van der Waals surface area contributed by atoms with E-state index in [2.05, 4.69) is 10.3 Å². The van der Waals surface area contributed by atoms with Gasteiger partial charge in [0.05, 0.1) is 12.1 Å². The highest BCUT2D eigenvalue weighted by Gasteiger charge is 2.03. The minimum absolute atomic E-state index is 0.0431. The number of hydrogen-bond acceptors (Lipinski definition) is 3. The lowest BCUT2D eigenvalue weighted by Gasteiger charge is -2.08. The molecule has 2 N–H and O–H groups in total. The number of fused-ring (bicyclic) bond motifs is 1. The fourth-order valence-electron chi connectivity index (χ4n) is 1.65. The Balaban J connectivity index is 2.60. The number of nitrogens with zero attached hydrogens (tertiary/aromatic N) is 1. The summed E-state index contributed by atoms with van der Waals surface area (Å²) in [6.45, 7) is 2.90. The van der Waals surface area contributed by atoms with Crippen LogP contribution in [0.15, 0.2) is 30.3 Å². The van der Waals surface area contributed by atoms with Gasteiger partial charge in [-0.2, -0.15) is 0 Å². The van der Waals surface area contributed by atoms with E-state index in [4.69, 9.17) is 0 Å². The lowest BCUT2D eigenvalue weighted by atomic mass is 10.1. The fourth-order valence-corrected chi connectivity index (χ4v) is 1.65. The highest BCUT2D eigenvalue weighted by Crippen LogP contribution is 2.20. The second kappa shape index (κ2) is 4.28. The quantitative estimate of drug-likeness (QED) is 0.801.